The standard InChI is InChI=1S/C21H21N3O3/c1-14-5-4-6-16(11-14)23-21(25)15-9-10-22-20(12-15)24-18-8-7-17(26-2)13-19(18)27-3/h4-13H,1-3H3,(H,22,24)(H,23,25). The number of rotatable bonds is 6. The number of nitrogens with one attached hydrogen (secondary N) is 2. The second kappa shape index (κ2) is 8.23. The number of benzene rings is 2. The van der Waals surface area contributed by atoms with Gasteiger partial charge >= 0.3 is 0 Å². The second-order valence-electron chi connectivity index (χ2n) is 5.94. The summed E-state index contributed by atoms with van der Waals surface area (Å²) in [5, 5.41) is 6.06. The molecule has 3 aromatic rings. The Kier molecular flexibility index (Phi) is 5.56. The van der Waals surface area contributed by atoms with Gasteiger partial charge in [0.2, 0.25) is 0 Å². The summed E-state index contributed by atoms with van der Waals surface area (Å²) in [6.45, 7) is 1.98. The molecule has 6 heteroatoms. The number of hydrogen-bond donors (Lipinski definition) is 2. The molecule has 6 nitrogen and oxygen atoms in total. The summed E-state index contributed by atoms with van der Waals surface area (Å²) in [6, 6.07) is 16.4. The number of hydrogen-bond acceptors (Lipinski definition) is 5. The van der Waals surface area contributed by atoms with E-state index in [1.807, 2.05) is 43.3 Å². The Morgan fingerprint density at radius 1 is 1.00 bits per heavy atom. The lowest BCUT2D eigenvalue weighted by Crippen LogP contribution is -2.12. The highest BCUT2D eigenvalue weighted by molar-refractivity contribution is 6.04. The quantitative estimate of drug-likeness (QED) is 0.679. The van der Waals surface area contributed by atoms with Gasteiger partial charge in [-0.2, -0.15) is 0 Å². The minimum atomic E-state index is -0.201. The number of nitrogens with zero attached hydrogens (tertiary/aromatic N) is 1. The van der Waals surface area contributed by atoms with Gasteiger partial charge in [-0.05, 0) is 48.9 Å². The molecule has 1 heterocycles. The van der Waals surface area contributed by atoms with Gasteiger partial charge < -0.3 is 20.1 Å². The molecule has 1 amide bonds. The highest BCUT2D eigenvalue weighted by atomic mass is 16.5. The summed E-state index contributed by atoms with van der Waals surface area (Å²) in [5.74, 6) is 1.64. The highest BCUT2D eigenvalue weighted by Gasteiger charge is 2.10. The van der Waals surface area contributed by atoms with Crippen LogP contribution in [0.4, 0.5) is 17.2 Å². The zero-order valence-corrected chi connectivity index (χ0v) is 15.4. The molecule has 0 saturated carbocycles. The molecule has 27 heavy (non-hydrogen) atoms. The van der Waals surface area contributed by atoms with E-state index >= 15 is 0 Å². The largest absolute Gasteiger partial charge is 0.497 e. The van der Waals surface area contributed by atoms with Gasteiger partial charge in [-0.25, -0.2) is 4.98 Å². The molecule has 0 atom stereocenters. The third kappa shape index (κ3) is 4.55. The van der Waals surface area contributed by atoms with Crippen LogP contribution >= 0.6 is 0 Å². The Hall–Kier alpha value is -3.54. The fraction of sp³-hybridized carbons (Fsp3) is 0.143. The zero-order chi connectivity index (χ0) is 19.2. The molecule has 0 aliphatic carbocycles. The Labute approximate surface area is 158 Å². The lowest BCUT2D eigenvalue weighted by molar-refractivity contribution is 0.102. The molecule has 0 spiro atoms. The predicted molar refractivity (Wildman–Crippen MR) is 106 cm³/mol. The van der Waals surface area contributed by atoms with Gasteiger partial charge in [0, 0.05) is 23.5 Å². The average molecular weight is 363 g/mol. The molecule has 2 N–H and O–H groups in total. The fourth-order valence-electron chi connectivity index (χ4n) is 2.61. The Balaban J connectivity index is 1.78. The van der Waals surface area contributed by atoms with Crippen LogP contribution < -0.4 is 20.1 Å². The van der Waals surface area contributed by atoms with Crippen LogP contribution in [0.25, 0.3) is 0 Å². The molecule has 138 valence electrons. The van der Waals surface area contributed by atoms with Crippen LogP contribution in [0.15, 0.2) is 60.8 Å². The smallest absolute Gasteiger partial charge is 0.255 e. The van der Waals surface area contributed by atoms with E-state index in [0.29, 0.717) is 22.9 Å². The SMILES string of the molecule is COc1ccc(Nc2cc(C(=O)Nc3cccc(C)c3)ccn2)c(OC)c1. The van der Waals surface area contributed by atoms with Crippen LogP contribution in [0.2, 0.25) is 0 Å². The van der Waals surface area contributed by atoms with Crippen molar-refractivity contribution in [2.24, 2.45) is 0 Å². The summed E-state index contributed by atoms with van der Waals surface area (Å²) in [7, 11) is 3.18. The maximum absolute atomic E-state index is 12.5. The van der Waals surface area contributed by atoms with E-state index in [2.05, 4.69) is 15.6 Å². The molecular formula is C21H21N3O3. The normalized spacial score (nSPS) is 10.2. The first kappa shape index (κ1) is 18.3. The van der Waals surface area contributed by atoms with Gasteiger partial charge in [-0.1, -0.05) is 12.1 Å². The van der Waals surface area contributed by atoms with Crippen LogP contribution in [-0.2, 0) is 0 Å². The topological polar surface area (TPSA) is 72.5 Å². The van der Waals surface area contributed by atoms with Crippen molar-refractivity contribution in [2.75, 3.05) is 24.9 Å². The first-order valence-electron chi connectivity index (χ1n) is 8.42. The van der Waals surface area contributed by atoms with Crippen molar-refractivity contribution in [3.63, 3.8) is 0 Å². The first-order valence-corrected chi connectivity index (χ1v) is 8.42. The fourth-order valence-corrected chi connectivity index (χ4v) is 2.61. The van der Waals surface area contributed by atoms with Gasteiger partial charge in [0.1, 0.15) is 17.3 Å². The number of aryl methyl sites for hydroxylation is 1. The molecule has 0 unspecified atom stereocenters. The summed E-state index contributed by atoms with van der Waals surface area (Å²) in [6.07, 6.45) is 1.59. The zero-order valence-electron chi connectivity index (χ0n) is 15.4. The predicted octanol–water partition coefficient (Wildman–Crippen LogP) is 4.40. The number of aromatic nitrogens is 1. The third-order valence-corrected chi connectivity index (χ3v) is 3.97. The minimum absolute atomic E-state index is 0.201. The van der Waals surface area contributed by atoms with Gasteiger partial charge in [-0.3, -0.25) is 4.79 Å². The van der Waals surface area contributed by atoms with E-state index in [-0.39, 0.29) is 5.91 Å². The Bertz CT molecular complexity index is 957. The number of methoxy groups -OCH3 is 2. The van der Waals surface area contributed by atoms with Crippen molar-refractivity contribution in [2.45, 2.75) is 6.92 Å². The van der Waals surface area contributed by atoms with Crippen LogP contribution in [0.3, 0.4) is 0 Å². The van der Waals surface area contributed by atoms with Gasteiger partial charge in [0.05, 0.1) is 19.9 Å². The molecule has 0 bridgehead atoms. The molecule has 0 aliphatic heterocycles. The maximum Gasteiger partial charge on any atom is 0.255 e. The van der Waals surface area contributed by atoms with Gasteiger partial charge in [0.15, 0.2) is 0 Å². The molecule has 0 saturated heterocycles. The second-order valence-corrected chi connectivity index (χ2v) is 5.94. The maximum atomic E-state index is 12.5. The Morgan fingerprint density at radius 2 is 1.85 bits per heavy atom. The van der Waals surface area contributed by atoms with Crippen molar-refractivity contribution < 1.29 is 14.3 Å². The van der Waals surface area contributed by atoms with Crippen molar-refractivity contribution in [3.05, 3.63) is 71.9 Å². The number of pyridine rings is 1. The van der Waals surface area contributed by atoms with Crippen molar-refractivity contribution >= 4 is 23.1 Å². The van der Waals surface area contributed by atoms with E-state index in [0.717, 1.165) is 16.9 Å². The van der Waals surface area contributed by atoms with E-state index < -0.39 is 0 Å². The molecular weight excluding hydrogens is 342 g/mol. The summed E-state index contributed by atoms with van der Waals surface area (Å²) in [5.41, 5.74) is 3.06. The van der Waals surface area contributed by atoms with Crippen LogP contribution in [-0.4, -0.2) is 25.1 Å². The van der Waals surface area contributed by atoms with Crippen LogP contribution in [0, 0.1) is 6.92 Å². The molecule has 3 rings (SSSR count). The molecule has 1 aromatic heterocycles. The molecule has 0 radical (unpaired) electrons. The Morgan fingerprint density at radius 3 is 2.59 bits per heavy atom. The van der Waals surface area contributed by atoms with Crippen molar-refractivity contribution in [1.29, 1.82) is 0 Å². The third-order valence-electron chi connectivity index (χ3n) is 3.97. The van der Waals surface area contributed by atoms with E-state index in [4.69, 9.17) is 9.47 Å². The first-order chi connectivity index (χ1) is 13.1. The number of carbonyl (C=O) groups excluding carboxylic acids is 1. The highest BCUT2D eigenvalue weighted by Crippen LogP contribution is 2.31. The molecule has 0 aliphatic rings. The van der Waals surface area contributed by atoms with Gasteiger partial charge in [-0.15, -0.1) is 0 Å². The van der Waals surface area contributed by atoms with E-state index in [1.165, 1.54) is 0 Å². The summed E-state index contributed by atoms with van der Waals surface area (Å²) < 4.78 is 10.6. The number of ether oxygens (including phenoxy) is 2. The van der Waals surface area contributed by atoms with Crippen molar-refractivity contribution in [3.8, 4) is 11.5 Å². The minimum Gasteiger partial charge on any atom is -0.497 e. The van der Waals surface area contributed by atoms with Crippen molar-refractivity contribution in [1.82, 2.24) is 4.98 Å². The monoisotopic (exact) mass is 363 g/mol. The number of anilines is 3. The van der Waals surface area contributed by atoms with E-state index in [9.17, 15) is 4.79 Å². The number of amides is 1. The molecule has 0 fully saturated rings. The van der Waals surface area contributed by atoms with Gasteiger partial charge in [0.25, 0.3) is 5.91 Å². The van der Waals surface area contributed by atoms with E-state index in [1.54, 1.807) is 38.6 Å². The van der Waals surface area contributed by atoms with Crippen LogP contribution in [0.1, 0.15) is 15.9 Å². The summed E-state index contributed by atoms with van der Waals surface area (Å²) in [4.78, 5) is 16.8. The lowest BCUT2D eigenvalue weighted by Gasteiger charge is -2.12. The average Bonchev–Trinajstić information content (AvgIpc) is 2.68. The number of carbonyl (C=O) groups is 1. The summed E-state index contributed by atoms with van der Waals surface area (Å²) >= 11 is 0. The lowest BCUT2D eigenvalue weighted by atomic mass is 10.2. The molecule has 2 aromatic carbocycles. The van der Waals surface area contributed by atoms with Crippen LogP contribution in [0.5, 0.6) is 11.5 Å².